The van der Waals surface area contributed by atoms with Crippen LogP contribution in [0.25, 0.3) is 0 Å². The molecule has 24 heavy (non-hydrogen) atoms. The maximum Gasteiger partial charge on any atom is 0.233 e. The third-order valence-corrected chi connectivity index (χ3v) is 3.48. The summed E-state index contributed by atoms with van der Waals surface area (Å²) in [5.41, 5.74) is 3.98. The van der Waals surface area contributed by atoms with E-state index >= 15 is 0 Å². The van der Waals surface area contributed by atoms with Crippen LogP contribution < -0.4 is 10.6 Å². The maximum atomic E-state index is 11.9. The van der Waals surface area contributed by atoms with Crippen molar-refractivity contribution in [3.8, 4) is 0 Å². The van der Waals surface area contributed by atoms with Crippen LogP contribution >= 0.6 is 0 Å². The zero-order valence-electron chi connectivity index (χ0n) is 14.4. The van der Waals surface area contributed by atoms with Gasteiger partial charge in [-0.15, -0.1) is 0 Å². The number of hydrogen-bond donors (Lipinski definition) is 2. The Bertz CT molecular complexity index is 701. The molecule has 128 valence electrons. The lowest BCUT2D eigenvalue weighted by Crippen LogP contribution is -2.29. The van der Waals surface area contributed by atoms with E-state index in [0.717, 1.165) is 35.3 Å². The Kier molecular flexibility index (Phi) is 6.12. The Labute approximate surface area is 142 Å². The molecule has 0 bridgehead atoms. The van der Waals surface area contributed by atoms with E-state index in [0.29, 0.717) is 6.54 Å². The van der Waals surface area contributed by atoms with Gasteiger partial charge in [-0.2, -0.15) is 5.10 Å². The van der Waals surface area contributed by atoms with E-state index in [1.54, 1.807) is 6.20 Å². The summed E-state index contributed by atoms with van der Waals surface area (Å²) in [4.78, 5) is 23.7. The summed E-state index contributed by atoms with van der Waals surface area (Å²) in [6.07, 6.45) is 4.36. The molecule has 0 radical (unpaired) electrons. The molecule has 2 rings (SSSR count). The summed E-state index contributed by atoms with van der Waals surface area (Å²) < 4.78 is 1.84. The second kappa shape index (κ2) is 8.29. The van der Waals surface area contributed by atoms with Gasteiger partial charge in [-0.05, 0) is 56.0 Å². The minimum Gasteiger partial charge on any atom is -0.356 e. The van der Waals surface area contributed by atoms with Crippen LogP contribution in [0.3, 0.4) is 0 Å². The molecule has 6 heteroatoms. The number of aryl methyl sites for hydroxylation is 4. The predicted molar refractivity (Wildman–Crippen MR) is 93.8 cm³/mol. The molecule has 0 spiro atoms. The summed E-state index contributed by atoms with van der Waals surface area (Å²) in [6.45, 7) is 7.18. The van der Waals surface area contributed by atoms with Gasteiger partial charge in [0.1, 0.15) is 6.42 Å². The summed E-state index contributed by atoms with van der Waals surface area (Å²) in [5.74, 6) is -0.575. The van der Waals surface area contributed by atoms with Gasteiger partial charge in [0.25, 0.3) is 0 Å². The molecule has 0 unspecified atom stereocenters. The van der Waals surface area contributed by atoms with Crippen molar-refractivity contribution in [3.63, 3.8) is 0 Å². The van der Waals surface area contributed by atoms with Crippen molar-refractivity contribution >= 4 is 17.5 Å². The first-order valence-corrected chi connectivity index (χ1v) is 8.06. The second-order valence-corrected chi connectivity index (χ2v) is 6.09. The largest absolute Gasteiger partial charge is 0.356 e. The molecule has 0 saturated heterocycles. The first-order chi connectivity index (χ1) is 11.4. The number of carbonyl (C=O) groups is 2. The highest BCUT2D eigenvalue weighted by atomic mass is 16.2. The number of benzene rings is 1. The monoisotopic (exact) mass is 328 g/mol. The Morgan fingerprint density at radius 3 is 2.38 bits per heavy atom. The molecular formula is C18H24N4O2. The van der Waals surface area contributed by atoms with Crippen LogP contribution in [0.15, 0.2) is 30.6 Å². The first kappa shape index (κ1) is 17.7. The van der Waals surface area contributed by atoms with Gasteiger partial charge in [-0.3, -0.25) is 14.3 Å². The van der Waals surface area contributed by atoms with Gasteiger partial charge in [0, 0.05) is 25.0 Å². The highest BCUT2D eigenvalue weighted by molar-refractivity contribution is 6.03. The lowest BCUT2D eigenvalue weighted by molar-refractivity contribution is -0.126. The molecule has 1 heterocycles. The SMILES string of the molecule is Cc1cc(C)cc(NC(=O)CC(=O)NCCCn2cc(C)cn2)c1. The number of nitrogens with zero attached hydrogens (tertiary/aromatic N) is 2. The number of nitrogens with one attached hydrogen (secondary N) is 2. The predicted octanol–water partition coefficient (Wildman–Crippen LogP) is 2.34. The number of anilines is 1. The molecule has 2 N–H and O–H groups in total. The molecule has 0 saturated carbocycles. The average molecular weight is 328 g/mol. The normalized spacial score (nSPS) is 10.5. The minimum absolute atomic E-state index is 0.173. The quantitative estimate of drug-likeness (QED) is 0.605. The van der Waals surface area contributed by atoms with Crippen molar-refractivity contribution in [2.24, 2.45) is 0 Å². The van der Waals surface area contributed by atoms with Crippen molar-refractivity contribution in [2.45, 2.75) is 40.2 Å². The Balaban J connectivity index is 1.68. The number of carbonyl (C=O) groups excluding carboxylic acids is 2. The molecule has 2 amide bonds. The van der Waals surface area contributed by atoms with E-state index < -0.39 is 0 Å². The van der Waals surface area contributed by atoms with Crippen LogP contribution in [0.5, 0.6) is 0 Å². The van der Waals surface area contributed by atoms with Crippen molar-refractivity contribution in [1.82, 2.24) is 15.1 Å². The van der Waals surface area contributed by atoms with E-state index in [4.69, 9.17) is 0 Å². The third kappa shape index (κ3) is 5.87. The Hall–Kier alpha value is -2.63. The van der Waals surface area contributed by atoms with Gasteiger partial charge in [-0.25, -0.2) is 0 Å². The van der Waals surface area contributed by atoms with Crippen molar-refractivity contribution < 1.29 is 9.59 Å². The van der Waals surface area contributed by atoms with Crippen molar-refractivity contribution in [3.05, 3.63) is 47.3 Å². The molecule has 0 aliphatic rings. The maximum absolute atomic E-state index is 11.9. The summed E-state index contributed by atoms with van der Waals surface area (Å²) >= 11 is 0. The van der Waals surface area contributed by atoms with E-state index in [1.807, 2.05) is 49.8 Å². The zero-order chi connectivity index (χ0) is 17.5. The Morgan fingerprint density at radius 1 is 1.04 bits per heavy atom. The lowest BCUT2D eigenvalue weighted by Gasteiger charge is -2.08. The molecular weight excluding hydrogens is 304 g/mol. The minimum atomic E-state index is -0.305. The lowest BCUT2D eigenvalue weighted by atomic mass is 10.1. The van der Waals surface area contributed by atoms with E-state index in [1.165, 1.54) is 0 Å². The molecule has 6 nitrogen and oxygen atoms in total. The smallest absolute Gasteiger partial charge is 0.233 e. The number of amides is 2. The fourth-order valence-electron chi connectivity index (χ4n) is 2.52. The van der Waals surface area contributed by atoms with E-state index in [9.17, 15) is 9.59 Å². The van der Waals surface area contributed by atoms with Crippen LogP contribution in [0, 0.1) is 20.8 Å². The van der Waals surface area contributed by atoms with Crippen LogP contribution in [0.4, 0.5) is 5.69 Å². The molecule has 2 aromatic rings. The van der Waals surface area contributed by atoms with Gasteiger partial charge in [0.05, 0.1) is 6.20 Å². The van der Waals surface area contributed by atoms with Gasteiger partial charge in [0.2, 0.25) is 11.8 Å². The fourth-order valence-corrected chi connectivity index (χ4v) is 2.52. The fraction of sp³-hybridized carbons (Fsp3) is 0.389. The van der Waals surface area contributed by atoms with Gasteiger partial charge >= 0.3 is 0 Å². The van der Waals surface area contributed by atoms with Crippen LogP contribution in [0.2, 0.25) is 0 Å². The topological polar surface area (TPSA) is 76.0 Å². The van der Waals surface area contributed by atoms with Gasteiger partial charge < -0.3 is 10.6 Å². The standard InChI is InChI=1S/C18H24N4O2/c1-13-7-14(2)9-16(8-13)21-18(24)10-17(23)19-5-4-6-22-12-15(3)11-20-22/h7-9,11-12H,4-6,10H2,1-3H3,(H,19,23)(H,21,24). The average Bonchev–Trinajstić information content (AvgIpc) is 2.88. The molecule has 0 aliphatic carbocycles. The van der Waals surface area contributed by atoms with Crippen LogP contribution in [-0.2, 0) is 16.1 Å². The summed E-state index contributed by atoms with van der Waals surface area (Å²) in [6, 6.07) is 5.80. The first-order valence-electron chi connectivity index (χ1n) is 8.06. The third-order valence-electron chi connectivity index (χ3n) is 3.48. The number of hydrogen-bond acceptors (Lipinski definition) is 3. The van der Waals surface area contributed by atoms with Gasteiger partial charge in [0.15, 0.2) is 0 Å². The highest BCUT2D eigenvalue weighted by Gasteiger charge is 2.09. The van der Waals surface area contributed by atoms with Crippen LogP contribution in [0.1, 0.15) is 29.5 Å². The number of rotatable bonds is 7. The molecule has 0 fully saturated rings. The molecule has 0 aliphatic heterocycles. The summed E-state index contributed by atoms with van der Waals surface area (Å²) in [5, 5.41) is 9.70. The van der Waals surface area contributed by atoms with Crippen molar-refractivity contribution in [2.75, 3.05) is 11.9 Å². The molecule has 0 atom stereocenters. The van der Waals surface area contributed by atoms with Crippen molar-refractivity contribution in [1.29, 1.82) is 0 Å². The highest BCUT2D eigenvalue weighted by Crippen LogP contribution is 2.13. The molecule has 1 aromatic heterocycles. The van der Waals surface area contributed by atoms with E-state index in [2.05, 4.69) is 15.7 Å². The van der Waals surface area contributed by atoms with E-state index in [-0.39, 0.29) is 18.2 Å². The summed E-state index contributed by atoms with van der Waals surface area (Å²) in [7, 11) is 0. The van der Waals surface area contributed by atoms with Gasteiger partial charge in [-0.1, -0.05) is 6.07 Å². The zero-order valence-corrected chi connectivity index (χ0v) is 14.4. The molecule has 1 aromatic carbocycles. The second-order valence-electron chi connectivity index (χ2n) is 6.09. The number of aromatic nitrogens is 2. The Morgan fingerprint density at radius 2 is 1.75 bits per heavy atom. The van der Waals surface area contributed by atoms with Crippen LogP contribution in [-0.4, -0.2) is 28.1 Å².